The van der Waals surface area contributed by atoms with E-state index in [9.17, 15) is 13.2 Å². The number of hydrogen-bond donors (Lipinski definition) is 1. The third kappa shape index (κ3) is 5.29. The van der Waals surface area contributed by atoms with E-state index in [1.54, 1.807) is 12.1 Å². The van der Waals surface area contributed by atoms with Crippen LogP contribution in [-0.4, -0.2) is 50.7 Å². The molecule has 32 heavy (non-hydrogen) atoms. The number of benzene rings is 2. The van der Waals surface area contributed by atoms with E-state index in [2.05, 4.69) is 5.48 Å². The second kappa shape index (κ2) is 9.99. The van der Waals surface area contributed by atoms with Gasteiger partial charge in [-0.3, -0.25) is 4.79 Å². The van der Waals surface area contributed by atoms with E-state index in [0.29, 0.717) is 31.7 Å². The van der Waals surface area contributed by atoms with Gasteiger partial charge in [0, 0.05) is 19.6 Å². The maximum atomic E-state index is 13.3. The molecule has 0 spiro atoms. The van der Waals surface area contributed by atoms with Crippen LogP contribution >= 0.6 is 0 Å². The van der Waals surface area contributed by atoms with Gasteiger partial charge >= 0.3 is 0 Å². The monoisotopic (exact) mass is 460 g/mol. The fourth-order valence-corrected chi connectivity index (χ4v) is 5.49. The van der Waals surface area contributed by atoms with E-state index in [-0.39, 0.29) is 23.1 Å². The summed E-state index contributed by atoms with van der Waals surface area (Å²) in [4.78, 5) is 18.0. The van der Waals surface area contributed by atoms with Gasteiger partial charge in [0.2, 0.25) is 10.0 Å². The SMILES string of the molecule is Cc1ccc(OC2CCN(S(=O)(=O)c3ccccc3C(=O)NOC3CCCCO3)C2)cc1. The maximum absolute atomic E-state index is 13.3. The Bertz CT molecular complexity index is 1030. The average molecular weight is 461 g/mol. The van der Waals surface area contributed by atoms with E-state index >= 15 is 0 Å². The Morgan fingerprint density at radius 2 is 1.88 bits per heavy atom. The minimum Gasteiger partial charge on any atom is -0.489 e. The Balaban J connectivity index is 1.43. The molecule has 4 rings (SSSR count). The van der Waals surface area contributed by atoms with E-state index in [4.69, 9.17) is 14.3 Å². The molecule has 2 unspecified atom stereocenters. The maximum Gasteiger partial charge on any atom is 0.276 e. The topological polar surface area (TPSA) is 94.2 Å². The van der Waals surface area contributed by atoms with Crippen molar-refractivity contribution in [1.29, 1.82) is 0 Å². The van der Waals surface area contributed by atoms with E-state index < -0.39 is 22.2 Å². The van der Waals surface area contributed by atoms with Gasteiger partial charge in [-0.05, 0) is 50.5 Å². The van der Waals surface area contributed by atoms with Gasteiger partial charge in [0.1, 0.15) is 11.9 Å². The van der Waals surface area contributed by atoms with Gasteiger partial charge in [-0.15, -0.1) is 0 Å². The highest BCUT2D eigenvalue weighted by atomic mass is 32.2. The molecule has 9 heteroatoms. The van der Waals surface area contributed by atoms with Crippen molar-refractivity contribution in [3.8, 4) is 5.75 Å². The van der Waals surface area contributed by atoms with Crippen LogP contribution in [0.25, 0.3) is 0 Å². The molecule has 0 saturated carbocycles. The normalized spacial score (nSPS) is 21.9. The predicted molar refractivity (Wildman–Crippen MR) is 118 cm³/mol. The van der Waals surface area contributed by atoms with Gasteiger partial charge in [0.05, 0.1) is 17.0 Å². The van der Waals surface area contributed by atoms with Crippen LogP contribution in [0.1, 0.15) is 41.6 Å². The molecular weight excluding hydrogens is 432 g/mol. The zero-order chi connectivity index (χ0) is 22.6. The molecule has 2 saturated heterocycles. The van der Waals surface area contributed by atoms with Gasteiger partial charge in [0.15, 0.2) is 6.29 Å². The summed E-state index contributed by atoms with van der Waals surface area (Å²) in [6.07, 6.45) is 2.39. The van der Waals surface area contributed by atoms with Crippen LogP contribution in [0, 0.1) is 6.92 Å². The fourth-order valence-electron chi connectivity index (χ4n) is 3.82. The molecule has 2 atom stereocenters. The molecule has 8 nitrogen and oxygen atoms in total. The van der Waals surface area contributed by atoms with Crippen molar-refractivity contribution in [3.05, 3.63) is 59.7 Å². The fraction of sp³-hybridized carbons (Fsp3) is 0.435. The van der Waals surface area contributed by atoms with Crippen molar-refractivity contribution in [1.82, 2.24) is 9.79 Å². The first-order valence-electron chi connectivity index (χ1n) is 10.8. The van der Waals surface area contributed by atoms with Crippen LogP contribution in [0.3, 0.4) is 0 Å². The first kappa shape index (κ1) is 22.7. The molecule has 0 radical (unpaired) electrons. The first-order valence-corrected chi connectivity index (χ1v) is 12.3. The molecule has 2 aliphatic rings. The van der Waals surface area contributed by atoms with Crippen molar-refractivity contribution in [2.45, 2.75) is 49.9 Å². The number of carbonyl (C=O) groups excluding carboxylic acids is 1. The lowest BCUT2D eigenvalue weighted by Gasteiger charge is -2.23. The molecule has 172 valence electrons. The van der Waals surface area contributed by atoms with Crippen molar-refractivity contribution < 1.29 is 27.5 Å². The van der Waals surface area contributed by atoms with Crippen LogP contribution in [0.2, 0.25) is 0 Å². The zero-order valence-electron chi connectivity index (χ0n) is 18.0. The van der Waals surface area contributed by atoms with Crippen molar-refractivity contribution in [2.24, 2.45) is 0 Å². The summed E-state index contributed by atoms with van der Waals surface area (Å²) in [5.74, 6) is 0.0895. The first-order chi connectivity index (χ1) is 15.4. The highest BCUT2D eigenvalue weighted by Gasteiger charge is 2.35. The third-order valence-corrected chi connectivity index (χ3v) is 7.53. The lowest BCUT2D eigenvalue weighted by Crippen LogP contribution is -2.35. The number of ether oxygens (including phenoxy) is 2. The van der Waals surface area contributed by atoms with Crippen molar-refractivity contribution in [2.75, 3.05) is 19.7 Å². The van der Waals surface area contributed by atoms with Crippen molar-refractivity contribution >= 4 is 15.9 Å². The van der Waals surface area contributed by atoms with Gasteiger partial charge < -0.3 is 9.47 Å². The van der Waals surface area contributed by atoms with E-state index in [1.165, 1.54) is 16.4 Å². The van der Waals surface area contributed by atoms with E-state index in [0.717, 1.165) is 18.4 Å². The number of nitrogens with one attached hydrogen (secondary N) is 1. The molecular formula is C23H28N2O6S. The molecule has 1 amide bonds. The Morgan fingerprint density at radius 3 is 2.62 bits per heavy atom. The van der Waals surface area contributed by atoms with Gasteiger partial charge in [-0.1, -0.05) is 29.8 Å². The smallest absolute Gasteiger partial charge is 0.276 e. The molecule has 2 heterocycles. The number of nitrogens with zero attached hydrogens (tertiary/aromatic N) is 1. The number of sulfonamides is 1. The van der Waals surface area contributed by atoms with E-state index in [1.807, 2.05) is 31.2 Å². The number of rotatable bonds is 7. The number of amides is 1. The van der Waals surface area contributed by atoms with Crippen LogP contribution in [0.15, 0.2) is 53.4 Å². The predicted octanol–water partition coefficient (Wildman–Crippen LogP) is 3.03. The minimum absolute atomic E-state index is 0.0335. The number of aryl methyl sites for hydroxylation is 1. The van der Waals surface area contributed by atoms with Gasteiger partial charge in [-0.2, -0.15) is 4.31 Å². The number of hydrogen-bond acceptors (Lipinski definition) is 6. The molecule has 2 aliphatic heterocycles. The minimum atomic E-state index is -3.88. The van der Waals surface area contributed by atoms with Crippen LogP contribution in [0.4, 0.5) is 0 Å². The molecule has 0 aliphatic carbocycles. The summed E-state index contributed by atoms with van der Waals surface area (Å²) in [5.41, 5.74) is 3.51. The summed E-state index contributed by atoms with van der Waals surface area (Å²) in [5, 5.41) is 0. The second-order valence-electron chi connectivity index (χ2n) is 8.05. The van der Waals surface area contributed by atoms with Crippen LogP contribution in [0.5, 0.6) is 5.75 Å². The average Bonchev–Trinajstić information content (AvgIpc) is 3.29. The highest BCUT2D eigenvalue weighted by Crippen LogP contribution is 2.26. The summed E-state index contributed by atoms with van der Waals surface area (Å²) < 4.78 is 39.4. The van der Waals surface area contributed by atoms with Crippen molar-refractivity contribution in [3.63, 3.8) is 0 Å². The highest BCUT2D eigenvalue weighted by molar-refractivity contribution is 7.89. The summed E-state index contributed by atoms with van der Waals surface area (Å²) in [6, 6.07) is 13.8. The third-order valence-electron chi connectivity index (χ3n) is 5.60. The lowest BCUT2D eigenvalue weighted by atomic mass is 10.2. The largest absolute Gasteiger partial charge is 0.489 e. The molecule has 2 fully saturated rings. The molecule has 0 bridgehead atoms. The van der Waals surface area contributed by atoms with Gasteiger partial charge in [-0.25, -0.2) is 18.7 Å². The zero-order valence-corrected chi connectivity index (χ0v) is 18.8. The Kier molecular flexibility index (Phi) is 7.10. The Hall–Kier alpha value is -2.46. The number of hydroxylamine groups is 1. The Labute approximate surface area is 188 Å². The quantitative estimate of drug-likeness (QED) is 0.639. The molecule has 0 aromatic heterocycles. The van der Waals surface area contributed by atoms with Crippen LogP contribution in [-0.2, 0) is 19.6 Å². The lowest BCUT2D eigenvalue weighted by molar-refractivity contribution is -0.186. The molecule has 1 N–H and O–H groups in total. The van der Waals surface area contributed by atoms with Gasteiger partial charge in [0.25, 0.3) is 5.91 Å². The summed E-state index contributed by atoms with van der Waals surface area (Å²) in [7, 11) is -3.88. The summed E-state index contributed by atoms with van der Waals surface area (Å²) in [6.45, 7) is 3.11. The summed E-state index contributed by atoms with van der Waals surface area (Å²) >= 11 is 0. The Morgan fingerprint density at radius 1 is 1.09 bits per heavy atom. The standard InChI is InChI=1S/C23H28N2O6S/c1-17-9-11-18(12-10-17)30-19-13-14-25(16-19)32(27,28)21-7-3-2-6-20(21)23(26)24-31-22-8-4-5-15-29-22/h2-3,6-7,9-12,19,22H,4-5,8,13-16H2,1H3,(H,24,26). The number of carbonyl (C=O) groups is 1. The molecule has 2 aromatic rings. The van der Waals surface area contributed by atoms with Crippen LogP contribution < -0.4 is 10.2 Å². The molecule has 2 aromatic carbocycles. The second-order valence-corrected chi connectivity index (χ2v) is 9.95.